The van der Waals surface area contributed by atoms with Gasteiger partial charge in [-0.1, -0.05) is 15.9 Å². The van der Waals surface area contributed by atoms with Gasteiger partial charge in [0.15, 0.2) is 5.78 Å². The lowest BCUT2D eigenvalue weighted by Gasteiger charge is -2.22. The molecule has 0 saturated carbocycles. The van der Waals surface area contributed by atoms with E-state index in [-0.39, 0.29) is 24.1 Å². The Labute approximate surface area is 107 Å². The van der Waals surface area contributed by atoms with Gasteiger partial charge in [-0.15, -0.1) is 0 Å². The van der Waals surface area contributed by atoms with Crippen molar-refractivity contribution in [2.75, 3.05) is 19.8 Å². The van der Waals surface area contributed by atoms with Crippen LogP contribution in [0.3, 0.4) is 0 Å². The Hall–Kier alpha value is -0.780. The van der Waals surface area contributed by atoms with Crippen LogP contribution in [0.15, 0.2) is 22.7 Å². The summed E-state index contributed by atoms with van der Waals surface area (Å²) < 4.78 is 19.0. The first-order valence-electron chi connectivity index (χ1n) is 5.44. The van der Waals surface area contributed by atoms with E-state index in [4.69, 9.17) is 4.74 Å². The second kappa shape index (κ2) is 5.71. The molecule has 92 valence electrons. The number of benzene rings is 1. The van der Waals surface area contributed by atoms with Crippen LogP contribution >= 0.6 is 15.9 Å². The maximum absolute atomic E-state index is 13.1. The van der Waals surface area contributed by atoms with Crippen molar-refractivity contribution >= 4 is 21.7 Å². The van der Waals surface area contributed by atoms with Crippen LogP contribution in [0.4, 0.5) is 4.39 Å². The number of ether oxygens (including phenoxy) is 1. The summed E-state index contributed by atoms with van der Waals surface area (Å²) in [5, 5.41) is 3.09. The van der Waals surface area contributed by atoms with E-state index in [2.05, 4.69) is 21.2 Å². The number of nitrogens with one attached hydrogen (secondary N) is 1. The quantitative estimate of drug-likeness (QED) is 0.923. The van der Waals surface area contributed by atoms with Crippen LogP contribution in [0.5, 0.6) is 0 Å². The van der Waals surface area contributed by atoms with Crippen molar-refractivity contribution in [2.45, 2.75) is 12.5 Å². The molecule has 3 nitrogen and oxygen atoms in total. The molecular weight excluding hydrogens is 289 g/mol. The maximum Gasteiger partial charge on any atom is 0.156 e. The van der Waals surface area contributed by atoms with Crippen molar-refractivity contribution in [3.63, 3.8) is 0 Å². The lowest BCUT2D eigenvalue weighted by atomic mass is 10.0. The smallest absolute Gasteiger partial charge is 0.156 e. The monoisotopic (exact) mass is 301 g/mol. The predicted octanol–water partition coefficient (Wildman–Crippen LogP) is 1.69. The lowest BCUT2D eigenvalue weighted by molar-refractivity contribution is -0.123. The summed E-state index contributed by atoms with van der Waals surface area (Å²) in [5.74, 6) is -0.308. The maximum atomic E-state index is 13.1. The number of hydrogen-bond donors (Lipinski definition) is 1. The number of ketones is 1. The second-order valence-electron chi connectivity index (χ2n) is 4.00. The minimum absolute atomic E-state index is 0.0298. The Balaban J connectivity index is 2.01. The Kier molecular flexibility index (Phi) is 4.25. The Morgan fingerprint density at radius 2 is 2.35 bits per heavy atom. The number of hydrogen-bond acceptors (Lipinski definition) is 3. The molecule has 1 aliphatic rings. The zero-order valence-corrected chi connectivity index (χ0v) is 10.8. The van der Waals surface area contributed by atoms with Crippen LogP contribution in [0, 0.1) is 5.82 Å². The lowest BCUT2D eigenvalue weighted by Crippen LogP contribution is -2.47. The van der Waals surface area contributed by atoms with Gasteiger partial charge >= 0.3 is 0 Å². The molecule has 5 heteroatoms. The van der Waals surface area contributed by atoms with Gasteiger partial charge in [0.1, 0.15) is 5.82 Å². The molecular formula is C12H13BrFNO2. The fourth-order valence-electron chi connectivity index (χ4n) is 1.81. The highest BCUT2D eigenvalue weighted by Gasteiger charge is 2.21. The van der Waals surface area contributed by atoms with Gasteiger partial charge in [0.05, 0.1) is 19.3 Å². The normalized spacial score (nSPS) is 20.2. The van der Waals surface area contributed by atoms with Gasteiger partial charge in [0.25, 0.3) is 0 Å². The van der Waals surface area contributed by atoms with E-state index in [0.29, 0.717) is 29.8 Å². The zero-order valence-electron chi connectivity index (χ0n) is 9.21. The van der Waals surface area contributed by atoms with Gasteiger partial charge in [-0.3, -0.25) is 4.79 Å². The first-order chi connectivity index (χ1) is 8.15. The van der Waals surface area contributed by atoms with E-state index in [9.17, 15) is 9.18 Å². The van der Waals surface area contributed by atoms with E-state index in [1.807, 2.05) is 0 Å². The minimum atomic E-state index is -0.338. The van der Waals surface area contributed by atoms with E-state index in [1.165, 1.54) is 12.1 Å². The first-order valence-corrected chi connectivity index (χ1v) is 6.23. The average Bonchev–Trinajstić information content (AvgIpc) is 2.28. The summed E-state index contributed by atoms with van der Waals surface area (Å²) in [6.07, 6.45) is 0.220. The van der Waals surface area contributed by atoms with Crippen LogP contribution in [-0.4, -0.2) is 31.6 Å². The molecule has 0 amide bonds. The molecule has 0 bridgehead atoms. The van der Waals surface area contributed by atoms with Gasteiger partial charge in [-0.2, -0.15) is 0 Å². The van der Waals surface area contributed by atoms with Crippen molar-refractivity contribution in [3.05, 3.63) is 34.1 Å². The summed E-state index contributed by atoms with van der Waals surface area (Å²) in [4.78, 5) is 11.9. The number of carbonyl (C=O) groups is 1. The Morgan fingerprint density at radius 3 is 3.00 bits per heavy atom. The average molecular weight is 302 g/mol. The highest BCUT2D eigenvalue weighted by atomic mass is 79.9. The molecule has 0 radical (unpaired) electrons. The third-order valence-electron chi connectivity index (χ3n) is 2.61. The number of rotatable bonds is 3. The molecule has 2 rings (SSSR count). The molecule has 0 spiro atoms. The molecule has 1 saturated heterocycles. The van der Waals surface area contributed by atoms with E-state index in [1.54, 1.807) is 6.07 Å². The van der Waals surface area contributed by atoms with Crippen molar-refractivity contribution in [3.8, 4) is 0 Å². The molecule has 1 unspecified atom stereocenters. The number of carbonyl (C=O) groups excluding carboxylic acids is 1. The van der Waals surface area contributed by atoms with Gasteiger partial charge in [-0.05, 0) is 23.8 Å². The van der Waals surface area contributed by atoms with Crippen LogP contribution in [0.2, 0.25) is 0 Å². The van der Waals surface area contributed by atoms with Crippen LogP contribution in [0.1, 0.15) is 5.56 Å². The van der Waals surface area contributed by atoms with Gasteiger partial charge < -0.3 is 10.1 Å². The fraction of sp³-hybridized carbons (Fsp3) is 0.417. The third kappa shape index (κ3) is 3.59. The second-order valence-corrected chi connectivity index (χ2v) is 4.92. The molecule has 1 atom stereocenters. The first kappa shape index (κ1) is 12.7. The van der Waals surface area contributed by atoms with Crippen molar-refractivity contribution in [1.29, 1.82) is 0 Å². The summed E-state index contributed by atoms with van der Waals surface area (Å²) in [5.41, 5.74) is 0.675. The summed E-state index contributed by atoms with van der Waals surface area (Å²) in [7, 11) is 0. The van der Waals surface area contributed by atoms with Crippen molar-refractivity contribution < 1.29 is 13.9 Å². The molecule has 1 aromatic rings. The van der Waals surface area contributed by atoms with E-state index in [0.717, 1.165) is 0 Å². The molecule has 1 aromatic carbocycles. The molecule has 1 N–H and O–H groups in total. The Bertz CT molecular complexity index is 399. The summed E-state index contributed by atoms with van der Waals surface area (Å²) in [6.45, 7) is 1.72. The van der Waals surface area contributed by atoms with Gasteiger partial charge in [-0.25, -0.2) is 4.39 Å². The SMILES string of the molecule is O=C(Cc1cc(F)cc(Br)c1)C1COCCN1. The van der Waals surface area contributed by atoms with Crippen LogP contribution in [-0.2, 0) is 16.0 Å². The largest absolute Gasteiger partial charge is 0.378 e. The zero-order chi connectivity index (χ0) is 12.3. The molecule has 0 aliphatic carbocycles. The number of morpholine rings is 1. The van der Waals surface area contributed by atoms with Crippen LogP contribution < -0.4 is 5.32 Å². The summed E-state index contributed by atoms with van der Waals surface area (Å²) in [6, 6.07) is 4.23. The Morgan fingerprint density at radius 1 is 1.53 bits per heavy atom. The third-order valence-corrected chi connectivity index (χ3v) is 3.07. The minimum Gasteiger partial charge on any atom is -0.378 e. The highest BCUT2D eigenvalue weighted by molar-refractivity contribution is 9.10. The predicted molar refractivity (Wildman–Crippen MR) is 65.4 cm³/mol. The van der Waals surface area contributed by atoms with Crippen LogP contribution in [0.25, 0.3) is 0 Å². The molecule has 0 aromatic heterocycles. The molecule has 1 fully saturated rings. The number of halogens is 2. The highest BCUT2D eigenvalue weighted by Crippen LogP contribution is 2.16. The fourth-order valence-corrected chi connectivity index (χ4v) is 2.32. The van der Waals surface area contributed by atoms with Crippen molar-refractivity contribution in [2.24, 2.45) is 0 Å². The van der Waals surface area contributed by atoms with Gasteiger partial charge in [0, 0.05) is 17.4 Å². The molecule has 1 heterocycles. The molecule has 1 aliphatic heterocycles. The van der Waals surface area contributed by atoms with E-state index >= 15 is 0 Å². The van der Waals surface area contributed by atoms with Gasteiger partial charge in [0.2, 0.25) is 0 Å². The molecule has 17 heavy (non-hydrogen) atoms. The number of Topliss-reactive ketones (excluding diaryl/α,β-unsaturated/α-hetero) is 1. The van der Waals surface area contributed by atoms with E-state index < -0.39 is 0 Å². The summed E-state index contributed by atoms with van der Waals surface area (Å²) >= 11 is 3.21. The van der Waals surface area contributed by atoms with Crippen molar-refractivity contribution in [1.82, 2.24) is 5.32 Å². The standard InChI is InChI=1S/C12H13BrFNO2/c13-9-3-8(4-10(14)6-9)5-12(16)11-7-17-2-1-15-11/h3-4,6,11,15H,1-2,5,7H2. The topological polar surface area (TPSA) is 38.3 Å².